The maximum absolute atomic E-state index is 12.7. The summed E-state index contributed by atoms with van der Waals surface area (Å²) in [5.41, 5.74) is 7.40. The van der Waals surface area contributed by atoms with Crippen LogP contribution in [-0.4, -0.2) is 25.7 Å². The predicted octanol–water partition coefficient (Wildman–Crippen LogP) is 7.25. The first kappa shape index (κ1) is 31.3. The zero-order valence-corrected chi connectivity index (χ0v) is 25.0. The average Bonchev–Trinajstić information content (AvgIpc) is 2.78. The normalized spacial score (nSPS) is 18.5. The Hall–Kier alpha value is -1.70. The zero-order chi connectivity index (χ0) is 27.0. The lowest BCUT2D eigenvalue weighted by molar-refractivity contribution is 0.0591. The van der Waals surface area contributed by atoms with Crippen LogP contribution in [0.4, 0.5) is 0 Å². The van der Waals surface area contributed by atoms with Gasteiger partial charge in [-0.3, -0.25) is 4.79 Å². The van der Waals surface area contributed by atoms with E-state index in [0.29, 0.717) is 15.3 Å². The molecule has 196 valence electrons. The fourth-order valence-corrected chi connectivity index (χ4v) is 6.55. The Balaban J connectivity index is 0.000000395. The number of rotatable bonds is 5. The minimum Gasteiger partial charge on any atom is -0.366 e. The summed E-state index contributed by atoms with van der Waals surface area (Å²) in [4.78, 5) is 11.3. The van der Waals surface area contributed by atoms with E-state index < -0.39 is 15.9 Å². The first-order valence-corrected chi connectivity index (χ1v) is 14.5. The van der Waals surface area contributed by atoms with Gasteiger partial charge in [0.15, 0.2) is 0 Å². The van der Waals surface area contributed by atoms with Crippen LogP contribution in [0, 0.1) is 16.7 Å². The summed E-state index contributed by atoms with van der Waals surface area (Å²) in [6, 6.07) is 13.5. The van der Waals surface area contributed by atoms with Crippen molar-refractivity contribution in [2.24, 2.45) is 22.5 Å². The molecular formula is C28H43BrN2O3S. The molecule has 0 radical (unpaired) electrons. The number of nitrogens with two attached hydrogens (primary N) is 1. The molecule has 35 heavy (non-hydrogen) atoms. The van der Waals surface area contributed by atoms with Crippen LogP contribution in [0.2, 0.25) is 0 Å². The van der Waals surface area contributed by atoms with E-state index in [4.69, 9.17) is 5.73 Å². The van der Waals surface area contributed by atoms with Gasteiger partial charge in [0.25, 0.3) is 0 Å². The van der Waals surface area contributed by atoms with E-state index in [9.17, 15) is 13.2 Å². The molecule has 0 saturated heterocycles. The van der Waals surface area contributed by atoms with Crippen LogP contribution in [0.5, 0.6) is 0 Å². The smallest absolute Gasteiger partial charge is 0.248 e. The van der Waals surface area contributed by atoms with Gasteiger partial charge in [0.05, 0.1) is 4.90 Å². The molecule has 1 fully saturated rings. The first-order valence-electron chi connectivity index (χ1n) is 12.3. The third-order valence-electron chi connectivity index (χ3n) is 6.67. The van der Waals surface area contributed by atoms with Gasteiger partial charge in [-0.05, 0) is 75.7 Å². The predicted molar refractivity (Wildman–Crippen MR) is 150 cm³/mol. The molecule has 1 aliphatic rings. The Morgan fingerprint density at radius 2 is 1.66 bits per heavy atom. The lowest BCUT2D eigenvalue weighted by Gasteiger charge is -2.45. The molecule has 0 spiro atoms. The van der Waals surface area contributed by atoms with E-state index in [1.807, 2.05) is 44.2 Å². The molecule has 2 aromatic rings. The van der Waals surface area contributed by atoms with Gasteiger partial charge >= 0.3 is 0 Å². The monoisotopic (exact) mass is 566 g/mol. The molecule has 2 aromatic carbocycles. The number of benzene rings is 2. The van der Waals surface area contributed by atoms with Gasteiger partial charge in [0.1, 0.15) is 0 Å². The second kappa shape index (κ2) is 13.0. The molecule has 1 atom stereocenters. The minimum absolute atomic E-state index is 0.0160. The molecule has 1 amide bonds. The lowest BCUT2D eigenvalue weighted by Crippen LogP contribution is -2.34. The van der Waals surface area contributed by atoms with Gasteiger partial charge in [-0.2, -0.15) is 4.31 Å². The molecule has 3 rings (SSSR count). The number of sulfonamides is 1. The van der Waals surface area contributed by atoms with E-state index in [-0.39, 0.29) is 17.0 Å². The molecule has 0 aliphatic heterocycles. The van der Waals surface area contributed by atoms with Gasteiger partial charge < -0.3 is 5.73 Å². The summed E-state index contributed by atoms with van der Waals surface area (Å²) >= 11 is 3.21. The molecule has 1 unspecified atom stereocenters. The summed E-state index contributed by atoms with van der Waals surface area (Å²) in [5.74, 6) is 0.241. The van der Waals surface area contributed by atoms with Gasteiger partial charge in [-0.15, -0.1) is 0 Å². The number of carbonyl (C=O) groups excluding carboxylic acids is 1. The lowest BCUT2D eigenvalue weighted by atomic mass is 9.61. The maximum atomic E-state index is 12.7. The van der Waals surface area contributed by atoms with Gasteiger partial charge in [-0.25, -0.2) is 8.42 Å². The molecule has 0 heterocycles. The SMILES string of the molecule is CC.CC1CCC(C)(C)CC1(C)C.CN(Cc1ccccc1)S(=O)(=O)c1cc(C(N)=O)ccc1Br. The van der Waals surface area contributed by atoms with Crippen LogP contribution in [0.15, 0.2) is 57.9 Å². The van der Waals surface area contributed by atoms with Crippen LogP contribution in [0.1, 0.15) is 83.7 Å². The highest BCUT2D eigenvalue weighted by Gasteiger charge is 2.37. The van der Waals surface area contributed by atoms with E-state index >= 15 is 0 Å². The second-order valence-electron chi connectivity index (χ2n) is 10.5. The molecule has 7 heteroatoms. The molecule has 1 saturated carbocycles. The average molecular weight is 568 g/mol. The van der Waals surface area contributed by atoms with Crippen molar-refractivity contribution in [3.05, 3.63) is 64.1 Å². The molecule has 2 N–H and O–H groups in total. The van der Waals surface area contributed by atoms with Crippen LogP contribution in [0.3, 0.4) is 0 Å². The van der Waals surface area contributed by atoms with Crippen LogP contribution in [-0.2, 0) is 16.6 Å². The van der Waals surface area contributed by atoms with Crippen molar-refractivity contribution < 1.29 is 13.2 Å². The fourth-order valence-electron chi connectivity index (χ4n) is 4.44. The van der Waals surface area contributed by atoms with Gasteiger partial charge in [-0.1, -0.05) is 78.8 Å². The number of amides is 1. The van der Waals surface area contributed by atoms with Crippen molar-refractivity contribution >= 4 is 31.9 Å². The molecule has 0 bridgehead atoms. The number of halogens is 1. The summed E-state index contributed by atoms with van der Waals surface area (Å²) in [6.45, 7) is 16.3. The Bertz CT molecular complexity index is 1070. The quantitative estimate of drug-likeness (QED) is 0.413. The number of nitrogens with zero attached hydrogens (tertiary/aromatic N) is 1. The van der Waals surface area contributed by atoms with Crippen molar-refractivity contribution in [2.45, 2.75) is 79.2 Å². The largest absolute Gasteiger partial charge is 0.366 e. The summed E-state index contributed by atoms with van der Waals surface area (Å²) in [7, 11) is -2.25. The van der Waals surface area contributed by atoms with Gasteiger partial charge in [0.2, 0.25) is 15.9 Å². The highest BCUT2D eigenvalue weighted by Crippen LogP contribution is 2.48. The zero-order valence-electron chi connectivity index (χ0n) is 22.6. The second-order valence-corrected chi connectivity index (χ2v) is 13.4. The molecule has 1 aliphatic carbocycles. The van der Waals surface area contributed by atoms with Crippen LogP contribution in [0.25, 0.3) is 0 Å². The minimum atomic E-state index is -3.75. The summed E-state index contributed by atoms with van der Waals surface area (Å²) in [6.07, 6.45) is 4.22. The van der Waals surface area contributed by atoms with Crippen molar-refractivity contribution in [1.82, 2.24) is 4.31 Å². The maximum Gasteiger partial charge on any atom is 0.248 e. The van der Waals surface area contributed by atoms with Crippen LogP contribution >= 0.6 is 15.9 Å². The topological polar surface area (TPSA) is 80.5 Å². The number of hydrogen-bond donors (Lipinski definition) is 1. The summed E-state index contributed by atoms with van der Waals surface area (Å²) < 4.78 is 27.0. The molecule has 5 nitrogen and oxygen atoms in total. The third kappa shape index (κ3) is 9.03. The van der Waals surface area contributed by atoms with Crippen molar-refractivity contribution in [2.75, 3.05) is 7.05 Å². The fraction of sp³-hybridized carbons (Fsp3) is 0.536. The number of hydrogen-bond acceptors (Lipinski definition) is 3. The van der Waals surface area contributed by atoms with E-state index in [0.717, 1.165) is 11.5 Å². The summed E-state index contributed by atoms with van der Waals surface area (Å²) in [5, 5.41) is 0. The number of primary amides is 1. The Labute approximate surface area is 221 Å². The van der Waals surface area contributed by atoms with Crippen molar-refractivity contribution in [1.29, 1.82) is 0 Å². The number of carbonyl (C=O) groups is 1. The Kier molecular flexibility index (Phi) is 11.7. The van der Waals surface area contributed by atoms with Crippen molar-refractivity contribution in [3.63, 3.8) is 0 Å². The van der Waals surface area contributed by atoms with E-state index in [2.05, 4.69) is 50.5 Å². The standard InChI is InChI=1S/C15H15BrN2O3S.C11H22.C2H6/c1-18(10-11-5-3-2-4-6-11)22(20,21)14-9-12(15(17)19)7-8-13(14)16;1-9-6-7-10(2,3)8-11(9,4)5;1-2/h2-9H,10H2,1H3,(H2,17,19);9H,6-8H2,1-5H3;1-2H3. The van der Waals surface area contributed by atoms with E-state index in [1.54, 1.807) is 0 Å². The highest BCUT2D eigenvalue weighted by molar-refractivity contribution is 9.10. The highest BCUT2D eigenvalue weighted by atomic mass is 79.9. The van der Waals surface area contributed by atoms with Crippen molar-refractivity contribution in [3.8, 4) is 0 Å². The van der Waals surface area contributed by atoms with Crippen LogP contribution < -0.4 is 5.73 Å². The van der Waals surface area contributed by atoms with Gasteiger partial charge in [0, 0.05) is 23.6 Å². The first-order chi connectivity index (χ1) is 16.2. The molecular weight excluding hydrogens is 524 g/mol. The third-order valence-corrected chi connectivity index (χ3v) is 9.47. The Morgan fingerprint density at radius 1 is 1.09 bits per heavy atom. The van der Waals surface area contributed by atoms with E-state index in [1.165, 1.54) is 48.8 Å². The Morgan fingerprint density at radius 3 is 2.14 bits per heavy atom. The molecule has 0 aromatic heterocycles.